The molecule has 12 heteroatoms. The zero-order valence-corrected chi connectivity index (χ0v) is 21.9. The van der Waals surface area contributed by atoms with E-state index in [4.69, 9.17) is 4.74 Å². The fraction of sp³-hybridized carbons (Fsp3) is 0.333. The summed E-state index contributed by atoms with van der Waals surface area (Å²) in [6, 6.07) is 9.37. The van der Waals surface area contributed by atoms with E-state index < -0.39 is 24.2 Å². The van der Waals surface area contributed by atoms with Crippen molar-refractivity contribution in [3.05, 3.63) is 60.7 Å². The van der Waals surface area contributed by atoms with Gasteiger partial charge in [0.05, 0.1) is 30.3 Å². The number of alkyl halides is 3. The van der Waals surface area contributed by atoms with Crippen molar-refractivity contribution in [2.75, 3.05) is 18.5 Å². The number of carbonyl (C=O) groups is 1. The maximum atomic E-state index is 12.5. The van der Waals surface area contributed by atoms with Gasteiger partial charge < -0.3 is 20.5 Å². The Morgan fingerprint density at radius 3 is 2.56 bits per heavy atom. The smallest absolute Gasteiger partial charge is 0.405 e. The van der Waals surface area contributed by atoms with Gasteiger partial charge in [0.25, 0.3) is 0 Å². The lowest BCUT2D eigenvalue weighted by molar-refractivity contribution is -0.122. The van der Waals surface area contributed by atoms with Gasteiger partial charge in [0, 0.05) is 40.7 Å². The van der Waals surface area contributed by atoms with Gasteiger partial charge in [-0.15, -0.1) is 0 Å². The Balaban J connectivity index is 1.67. The monoisotopic (exact) mass is 542 g/mol. The molecular formula is C27H29F3N6O3. The van der Waals surface area contributed by atoms with E-state index in [-0.39, 0.29) is 18.4 Å². The molecule has 0 aliphatic carbocycles. The summed E-state index contributed by atoms with van der Waals surface area (Å²) in [6.45, 7) is 5.95. The van der Waals surface area contributed by atoms with E-state index in [1.807, 2.05) is 44.2 Å². The van der Waals surface area contributed by atoms with Gasteiger partial charge in [0.1, 0.15) is 17.9 Å². The van der Waals surface area contributed by atoms with Crippen LogP contribution in [0.25, 0.3) is 28.3 Å². The topological polar surface area (TPSA) is 114 Å². The van der Waals surface area contributed by atoms with Gasteiger partial charge in [0.15, 0.2) is 5.82 Å². The average molecular weight is 543 g/mol. The minimum Gasteiger partial charge on any atom is -0.491 e. The molecule has 0 radical (unpaired) electrons. The van der Waals surface area contributed by atoms with Crippen molar-refractivity contribution in [1.29, 1.82) is 0 Å². The Kier molecular flexibility index (Phi) is 7.77. The van der Waals surface area contributed by atoms with Gasteiger partial charge in [-0.2, -0.15) is 13.2 Å². The Morgan fingerprint density at radius 1 is 1.10 bits per heavy atom. The van der Waals surface area contributed by atoms with Crippen molar-refractivity contribution in [1.82, 2.24) is 24.7 Å². The molecule has 0 bridgehead atoms. The van der Waals surface area contributed by atoms with Crippen LogP contribution in [0.2, 0.25) is 0 Å². The molecule has 1 aromatic carbocycles. The molecule has 0 atom stereocenters. The molecule has 9 nitrogen and oxygen atoms in total. The molecule has 3 N–H and O–H groups in total. The number of benzene rings is 1. The second kappa shape index (κ2) is 10.9. The second-order valence-electron chi connectivity index (χ2n) is 9.93. The van der Waals surface area contributed by atoms with Crippen LogP contribution in [0.15, 0.2) is 55.0 Å². The van der Waals surface area contributed by atoms with Crippen molar-refractivity contribution in [2.24, 2.45) is 0 Å². The van der Waals surface area contributed by atoms with E-state index >= 15 is 0 Å². The van der Waals surface area contributed by atoms with Gasteiger partial charge in [-0.05, 0) is 44.2 Å². The molecule has 3 aromatic heterocycles. The summed E-state index contributed by atoms with van der Waals surface area (Å²) in [5.74, 6) is 0.918. The first-order valence-corrected chi connectivity index (χ1v) is 12.2. The number of nitrogens with zero attached hydrogens (tertiary/aromatic N) is 4. The number of hydrogen-bond acceptors (Lipinski definition) is 6. The molecule has 0 aliphatic heterocycles. The number of aromatic nitrogens is 4. The molecule has 0 spiro atoms. The third kappa shape index (κ3) is 6.82. The highest BCUT2D eigenvalue weighted by Crippen LogP contribution is 2.31. The maximum absolute atomic E-state index is 12.5. The van der Waals surface area contributed by atoms with Crippen LogP contribution < -0.4 is 15.4 Å². The minimum atomic E-state index is -4.53. The number of anilines is 1. The Labute approximate surface area is 223 Å². The maximum Gasteiger partial charge on any atom is 0.405 e. The first-order chi connectivity index (χ1) is 18.3. The number of ether oxygens (including phenoxy) is 1. The Hall–Kier alpha value is -4.19. The molecule has 0 saturated carbocycles. The van der Waals surface area contributed by atoms with E-state index in [1.165, 1.54) is 6.07 Å². The molecule has 0 fully saturated rings. The minimum absolute atomic E-state index is 0.0630. The lowest BCUT2D eigenvalue weighted by atomic mass is 9.90. The van der Waals surface area contributed by atoms with Gasteiger partial charge in [-0.3, -0.25) is 4.40 Å². The number of aliphatic hydroxyl groups excluding tert-OH is 1. The third-order valence-electron chi connectivity index (χ3n) is 5.80. The molecule has 39 heavy (non-hydrogen) atoms. The molecule has 206 valence electrons. The molecule has 0 aliphatic rings. The van der Waals surface area contributed by atoms with Gasteiger partial charge in [-0.1, -0.05) is 13.8 Å². The fourth-order valence-corrected chi connectivity index (χ4v) is 3.80. The van der Waals surface area contributed by atoms with Crippen LogP contribution in [-0.2, 0) is 5.41 Å². The van der Waals surface area contributed by atoms with Crippen LogP contribution in [0.4, 0.5) is 23.7 Å². The molecule has 2 amide bonds. The fourth-order valence-electron chi connectivity index (χ4n) is 3.80. The van der Waals surface area contributed by atoms with Crippen molar-refractivity contribution < 1.29 is 27.8 Å². The lowest BCUT2D eigenvalue weighted by Gasteiger charge is -2.21. The van der Waals surface area contributed by atoms with E-state index in [0.29, 0.717) is 34.2 Å². The predicted octanol–water partition coefficient (Wildman–Crippen LogP) is 5.20. The summed E-state index contributed by atoms with van der Waals surface area (Å²) in [4.78, 5) is 25.6. The van der Waals surface area contributed by atoms with Gasteiger partial charge in [-0.25, -0.2) is 19.7 Å². The van der Waals surface area contributed by atoms with Crippen molar-refractivity contribution in [3.8, 4) is 28.4 Å². The number of aliphatic hydroxyl groups is 1. The summed E-state index contributed by atoms with van der Waals surface area (Å²) in [6.07, 6.45) is 0.396. The normalized spacial score (nSPS) is 12.1. The summed E-state index contributed by atoms with van der Waals surface area (Å²) in [5, 5.41) is 13.9. The van der Waals surface area contributed by atoms with Crippen molar-refractivity contribution >= 4 is 17.4 Å². The number of pyridine rings is 1. The SMILES string of the molecule is CC(C)Oc1cc(NC(=O)NCC(F)(F)F)cc(-c2cnc3cc(-c4nccc(C(C)(C)CO)n4)ccn23)c1. The quantitative estimate of drug-likeness (QED) is 0.282. The predicted molar refractivity (Wildman–Crippen MR) is 141 cm³/mol. The molecule has 3 heterocycles. The molecule has 0 unspecified atom stereocenters. The standard InChI is InChI=1S/C27H29F3N6O3/c1-16(2)39-20-10-18(9-19(12-20)34-25(38)33-14-27(28,29)30)21-13-32-23-11-17(6-8-36(21)23)24-31-7-5-22(35-24)26(3,4)15-37/h5-13,16,37H,14-15H2,1-4H3,(H2,33,34,38). The summed E-state index contributed by atoms with van der Waals surface area (Å²) < 4.78 is 45.1. The van der Waals surface area contributed by atoms with Crippen LogP contribution in [0.5, 0.6) is 5.75 Å². The summed E-state index contributed by atoms with van der Waals surface area (Å²) in [7, 11) is 0. The summed E-state index contributed by atoms with van der Waals surface area (Å²) >= 11 is 0. The second-order valence-corrected chi connectivity index (χ2v) is 9.93. The van der Waals surface area contributed by atoms with Crippen molar-refractivity contribution in [3.63, 3.8) is 0 Å². The highest BCUT2D eigenvalue weighted by atomic mass is 19.4. The average Bonchev–Trinajstić information content (AvgIpc) is 3.30. The van der Waals surface area contributed by atoms with Crippen LogP contribution in [0.1, 0.15) is 33.4 Å². The molecule has 0 saturated heterocycles. The van der Waals surface area contributed by atoms with Crippen LogP contribution in [0, 0.1) is 0 Å². The van der Waals surface area contributed by atoms with E-state index in [0.717, 1.165) is 5.56 Å². The Morgan fingerprint density at radius 2 is 1.87 bits per heavy atom. The number of carbonyl (C=O) groups excluding carboxylic acids is 1. The number of rotatable bonds is 8. The first-order valence-electron chi connectivity index (χ1n) is 12.2. The molecule has 4 rings (SSSR count). The summed E-state index contributed by atoms with van der Waals surface area (Å²) in [5.41, 5.74) is 3.07. The highest BCUT2D eigenvalue weighted by Gasteiger charge is 2.28. The molecular weight excluding hydrogens is 513 g/mol. The number of halogens is 3. The Bertz CT molecular complexity index is 1480. The number of fused-ring (bicyclic) bond motifs is 1. The lowest BCUT2D eigenvalue weighted by Crippen LogP contribution is -2.36. The van der Waals surface area contributed by atoms with E-state index in [1.54, 1.807) is 42.1 Å². The van der Waals surface area contributed by atoms with Crippen LogP contribution in [0.3, 0.4) is 0 Å². The zero-order valence-electron chi connectivity index (χ0n) is 21.9. The van der Waals surface area contributed by atoms with Gasteiger partial charge >= 0.3 is 12.2 Å². The highest BCUT2D eigenvalue weighted by molar-refractivity contribution is 5.90. The van der Waals surface area contributed by atoms with E-state index in [9.17, 15) is 23.1 Å². The van der Waals surface area contributed by atoms with Crippen LogP contribution in [-0.4, -0.2) is 55.9 Å². The van der Waals surface area contributed by atoms with Gasteiger partial charge in [0.2, 0.25) is 0 Å². The zero-order chi connectivity index (χ0) is 28.4. The third-order valence-corrected chi connectivity index (χ3v) is 5.80. The first kappa shape index (κ1) is 27.8. The number of imidazole rings is 1. The number of nitrogens with one attached hydrogen (secondary N) is 2. The van der Waals surface area contributed by atoms with Crippen LogP contribution >= 0.6 is 0 Å². The molecule has 4 aromatic rings. The number of hydrogen-bond donors (Lipinski definition) is 3. The van der Waals surface area contributed by atoms with Crippen molar-refractivity contribution in [2.45, 2.75) is 45.4 Å². The largest absolute Gasteiger partial charge is 0.491 e. The number of urea groups is 1. The van der Waals surface area contributed by atoms with E-state index in [2.05, 4.69) is 20.3 Å². The number of amides is 2.